The van der Waals surface area contributed by atoms with E-state index in [1.165, 1.54) is 30.1 Å². The number of rotatable bonds is 4. The predicted octanol–water partition coefficient (Wildman–Crippen LogP) is 4.47. The van der Waals surface area contributed by atoms with Crippen LogP contribution in [0.4, 0.5) is 10.1 Å². The molecule has 1 amide bonds. The van der Waals surface area contributed by atoms with Gasteiger partial charge in [0.1, 0.15) is 11.2 Å². The second-order valence-electron chi connectivity index (χ2n) is 7.54. The average molecular weight is 514 g/mol. The van der Waals surface area contributed by atoms with E-state index in [9.17, 15) is 14.0 Å². The van der Waals surface area contributed by atoms with Gasteiger partial charge in [-0.1, -0.05) is 45.4 Å². The summed E-state index contributed by atoms with van der Waals surface area (Å²) in [5, 5.41) is 7.88. The maximum absolute atomic E-state index is 14.0. The quantitative estimate of drug-likeness (QED) is 0.407. The Bertz CT molecular complexity index is 1420. The lowest BCUT2D eigenvalue weighted by Gasteiger charge is -2.14. The number of halogens is 2. The molecule has 1 unspecified atom stereocenters. The van der Waals surface area contributed by atoms with Gasteiger partial charge in [0.25, 0.3) is 5.56 Å². The van der Waals surface area contributed by atoms with Crippen molar-refractivity contribution in [3.05, 3.63) is 74.9 Å². The van der Waals surface area contributed by atoms with Crippen LogP contribution in [0.3, 0.4) is 0 Å². The van der Waals surface area contributed by atoms with Gasteiger partial charge in [0.15, 0.2) is 10.8 Å². The number of nitrogens with zero attached hydrogens (tertiary/aromatic N) is 4. The summed E-state index contributed by atoms with van der Waals surface area (Å²) in [4.78, 5) is 30.4. The normalized spacial score (nSPS) is 15.2. The maximum Gasteiger partial charge on any atom is 0.265 e. The number of anilines is 1. The minimum Gasteiger partial charge on any atom is -0.324 e. The molecule has 0 radical (unpaired) electrons. The highest BCUT2D eigenvalue weighted by Crippen LogP contribution is 2.33. The molecule has 32 heavy (non-hydrogen) atoms. The van der Waals surface area contributed by atoms with E-state index in [0.717, 1.165) is 11.3 Å². The van der Waals surface area contributed by atoms with E-state index in [0.29, 0.717) is 26.4 Å². The molecule has 1 aliphatic rings. The summed E-state index contributed by atoms with van der Waals surface area (Å²) in [6, 6.07) is 11.8. The molecule has 10 heteroatoms. The van der Waals surface area contributed by atoms with E-state index >= 15 is 0 Å². The molecule has 5 rings (SSSR count). The minimum atomic E-state index is -0.530. The fourth-order valence-corrected chi connectivity index (χ4v) is 5.13. The van der Waals surface area contributed by atoms with Crippen LogP contribution in [0.1, 0.15) is 18.0 Å². The zero-order valence-corrected chi connectivity index (χ0v) is 19.3. The Balaban J connectivity index is 1.44. The molecule has 0 saturated heterocycles. The van der Waals surface area contributed by atoms with Crippen LogP contribution in [-0.4, -0.2) is 31.0 Å². The number of thioether (sulfide) groups is 1. The van der Waals surface area contributed by atoms with Crippen LogP contribution in [0.15, 0.2) is 63.1 Å². The van der Waals surface area contributed by atoms with Crippen LogP contribution in [0.5, 0.6) is 0 Å². The number of carbonyl (C=O) groups is 1. The number of hydrogen-bond acceptors (Lipinski definition) is 5. The molecule has 0 aliphatic carbocycles. The minimum absolute atomic E-state index is 0.0364. The standard InChI is InChI=1S/C22H17BrFN5O2S/c1-12-2-5-14(6-3-12)29-20-16(10-25-29)21(31)28-15(11-32-22(28)27-20)9-19(30)26-18-7-4-13(23)8-17(18)24/h2-8,10,15H,9,11H2,1H3,(H,26,30). The summed E-state index contributed by atoms with van der Waals surface area (Å²) in [5.74, 6) is -0.367. The molecule has 1 aliphatic heterocycles. The third-order valence-corrected chi connectivity index (χ3v) is 6.87. The average Bonchev–Trinajstić information content (AvgIpc) is 3.36. The zero-order valence-electron chi connectivity index (χ0n) is 16.9. The number of hydrogen-bond donors (Lipinski definition) is 1. The van der Waals surface area contributed by atoms with Crippen LogP contribution in [0.25, 0.3) is 16.7 Å². The molecule has 2 aromatic heterocycles. The van der Waals surface area contributed by atoms with Gasteiger partial charge in [-0.2, -0.15) is 5.10 Å². The molecule has 4 aromatic rings. The topological polar surface area (TPSA) is 81.8 Å². The summed E-state index contributed by atoms with van der Waals surface area (Å²) in [7, 11) is 0. The van der Waals surface area contributed by atoms with E-state index in [1.54, 1.807) is 15.3 Å². The van der Waals surface area contributed by atoms with Gasteiger partial charge in [-0.15, -0.1) is 0 Å². The number of amides is 1. The highest BCUT2D eigenvalue weighted by Gasteiger charge is 2.29. The third kappa shape index (κ3) is 3.73. The molecule has 162 valence electrons. The summed E-state index contributed by atoms with van der Waals surface area (Å²) in [6.45, 7) is 2.00. The first-order chi connectivity index (χ1) is 15.4. The molecule has 0 spiro atoms. The molecule has 2 aromatic carbocycles. The number of fused-ring (bicyclic) bond motifs is 2. The lowest BCUT2D eigenvalue weighted by molar-refractivity contribution is -0.116. The van der Waals surface area contributed by atoms with E-state index < -0.39 is 5.82 Å². The van der Waals surface area contributed by atoms with Crippen molar-refractivity contribution in [2.75, 3.05) is 11.1 Å². The molecule has 1 atom stereocenters. The van der Waals surface area contributed by atoms with E-state index in [4.69, 9.17) is 0 Å². The summed E-state index contributed by atoms with van der Waals surface area (Å²) >= 11 is 4.61. The van der Waals surface area contributed by atoms with E-state index in [2.05, 4.69) is 31.3 Å². The van der Waals surface area contributed by atoms with Crippen LogP contribution >= 0.6 is 27.7 Å². The second kappa shape index (κ2) is 8.18. The Hall–Kier alpha value is -2.98. The molecule has 7 nitrogen and oxygen atoms in total. The Morgan fingerprint density at radius 3 is 2.81 bits per heavy atom. The van der Waals surface area contributed by atoms with Crippen molar-refractivity contribution in [3.8, 4) is 5.69 Å². The van der Waals surface area contributed by atoms with Crippen LogP contribution in [0, 0.1) is 12.7 Å². The molecule has 0 saturated carbocycles. The first-order valence-corrected chi connectivity index (χ1v) is 11.6. The van der Waals surface area contributed by atoms with Crippen molar-refractivity contribution in [2.24, 2.45) is 0 Å². The number of aryl methyl sites for hydroxylation is 1. The first kappa shape index (κ1) is 20.9. The molecule has 1 N–H and O–H groups in total. The zero-order chi connectivity index (χ0) is 22.4. The van der Waals surface area contributed by atoms with Gasteiger partial charge in [-0.05, 0) is 37.3 Å². The third-order valence-electron chi connectivity index (χ3n) is 5.28. The highest BCUT2D eigenvalue weighted by atomic mass is 79.9. The largest absolute Gasteiger partial charge is 0.324 e. The number of aromatic nitrogens is 4. The first-order valence-electron chi connectivity index (χ1n) is 9.86. The van der Waals surface area contributed by atoms with Crippen molar-refractivity contribution in [2.45, 2.75) is 24.5 Å². The van der Waals surface area contributed by atoms with Gasteiger partial charge in [0.2, 0.25) is 5.91 Å². The fourth-order valence-electron chi connectivity index (χ4n) is 3.66. The van der Waals surface area contributed by atoms with Gasteiger partial charge >= 0.3 is 0 Å². The lowest BCUT2D eigenvalue weighted by Crippen LogP contribution is -2.28. The number of benzene rings is 2. The van der Waals surface area contributed by atoms with Crippen molar-refractivity contribution < 1.29 is 9.18 Å². The number of carbonyl (C=O) groups excluding carboxylic acids is 1. The van der Waals surface area contributed by atoms with Gasteiger partial charge < -0.3 is 5.32 Å². The van der Waals surface area contributed by atoms with Crippen LogP contribution in [-0.2, 0) is 4.79 Å². The Kier molecular flexibility index (Phi) is 5.34. The van der Waals surface area contributed by atoms with Crippen molar-refractivity contribution in [1.29, 1.82) is 0 Å². The summed E-state index contributed by atoms with van der Waals surface area (Å²) < 4.78 is 17.8. The molecular weight excluding hydrogens is 497 g/mol. The Labute approximate surface area is 194 Å². The van der Waals surface area contributed by atoms with Gasteiger partial charge in [-0.25, -0.2) is 14.1 Å². The van der Waals surface area contributed by atoms with Gasteiger partial charge in [0.05, 0.1) is 23.6 Å². The smallest absolute Gasteiger partial charge is 0.265 e. The molecule has 3 heterocycles. The molecule has 0 fully saturated rings. The SMILES string of the molecule is Cc1ccc(-n2ncc3c(=O)n4c(nc32)SCC4CC(=O)Nc2ccc(Br)cc2F)cc1. The molecular formula is C22H17BrFN5O2S. The van der Waals surface area contributed by atoms with Crippen molar-refractivity contribution in [3.63, 3.8) is 0 Å². The summed E-state index contributed by atoms with van der Waals surface area (Å²) in [5.41, 5.74) is 2.29. The lowest BCUT2D eigenvalue weighted by atomic mass is 10.2. The van der Waals surface area contributed by atoms with Gasteiger partial charge in [0, 0.05) is 16.6 Å². The van der Waals surface area contributed by atoms with E-state index in [-0.39, 0.29) is 29.6 Å². The fraction of sp³-hybridized carbons (Fsp3) is 0.182. The van der Waals surface area contributed by atoms with Crippen LogP contribution < -0.4 is 10.9 Å². The van der Waals surface area contributed by atoms with E-state index in [1.807, 2.05) is 31.2 Å². The highest BCUT2D eigenvalue weighted by molar-refractivity contribution is 9.10. The number of nitrogens with one attached hydrogen (secondary N) is 1. The van der Waals surface area contributed by atoms with Crippen molar-refractivity contribution >= 4 is 50.3 Å². The predicted molar refractivity (Wildman–Crippen MR) is 125 cm³/mol. The second-order valence-corrected chi connectivity index (χ2v) is 9.44. The maximum atomic E-state index is 14.0. The van der Waals surface area contributed by atoms with Gasteiger partial charge in [-0.3, -0.25) is 14.2 Å². The monoisotopic (exact) mass is 513 g/mol. The summed E-state index contributed by atoms with van der Waals surface area (Å²) in [6.07, 6.45) is 1.55. The Morgan fingerprint density at radius 2 is 2.06 bits per heavy atom. The Morgan fingerprint density at radius 1 is 1.28 bits per heavy atom. The molecule has 0 bridgehead atoms. The van der Waals surface area contributed by atoms with Crippen molar-refractivity contribution in [1.82, 2.24) is 19.3 Å². The van der Waals surface area contributed by atoms with Crippen LogP contribution in [0.2, 0.25) is 0 Å².